The monoisotopic (exact) mass is 1140 g/mol. The molecule has 0 radical (unpaired) electrons. The molecular formula is C77H120O6. The smallest absolute Gasteiger partial charge is 0.306 e. The first-order valence-corrected chi connectivity index (χ1v) is 33.3. The average Bonchev–Trinajstić information content (AvgIpc) is 3.49. The van der Waals surface area contributed by atoms with Gasteiger partial charge in [0.05, 0.1) is 0 Å². The van der Waals surface area contributed by atoms with E-state index in [9.17, 15) is 14.4 Å². The first-order valence-electron chi connectivity index (χ1n) is 33.3. The lowest BCUT2D eigenvalue weighted by atomic mass is 10.0. The molecule has 0 aromatic carbocycles. The number of allylic oxidation sites excluding steroid dienone is 30. The fourth-order valence-electron chi connectivity index (χ4n) is 8.55. The quantitative estimate of drug-likeness (QED) is 0.0261. The molecule has 0 heterocycles. The number of unbranched alkanes of at least 4 members (excludes halogenated alkanes) is 17. The van der Waals surface area contributed by atoms with Gasteiger partial charge in [0.2, 0.25) is 0 Å². The summed E-state index contributed by atoms with van der Waals surface area (Å²) in [5.41, 5.74) is 0. The van der Waals surface area contributed by atoms with Crippen LogP contribution in [0.5, 0.6) is 0 Å². The maximum absolute atomic E-state index is 12.9. The molecule has 1 atom stereocenters. The Balaban J connectivity index is 4.40. The molecule has 83 heavy (non-hydrogen) atoms. The molecule has 0 bridgehead atoms. The SMILES string of the molecule is CC/C=C\C/C=C\C/C=C\C/C=C\C/C=C\C/C=C\CCCCCCC(=O)OC(COC(=O)CC/C=C\C/C=C\C/C=C\C/C=C\CC)COC(=O)CCCCCCCCCCCCCCC/C=C\C/C=C\C/C=C\C/C=C\C/C=C\CC. The van der Waals surface area contributed by atoms with E-state index in [1.54, 1.807) is 0 Å². The highest BCUT2D eigenvalue weighted by Gasteiger charge is 2.19. The molecule has 464 valence electrons. The summed E-state index contributed by atoms with van der Waals surface area (Å²) in [6.07, 6.45) is 104. The Bertz CT molecular complexity index is 1940. The summed E-state index contributed by atoms with van der Waals surface area (Å²) in [4.78, 5) is 38.3. The van der Waals surface area contributed by atoms with Gasteiger partial charge in [-0.3, -0.25) is 14.4 Å². The zero-order valence-electron chi connectivity index (χ0n) is 53.1. The fourth-order valence-corrected chi connectivity index (χ4v) is 8.55. The molecule has 0 aliphatic carbocycles. The summed E-state index contributed by atoms with van der Waals surface area (Å²) in [7, 11) is 0. The third-order valence-electron chi connectivity index (χ3n) is 13.4. The highest BCUT2D eigenvalue weighted by Crippen LogP contribution is 2.15. The van der Waals surface area contributed by atoms with E-state index in [1.165, 1.54) is 70.6 Å². The minimum absolute atomic E-state index is 0.119. The van der Waals surface area contributed by atoms with Gasteiger partial charge in [-0.1, -0.05) is 287 Å². The zero-order valence-corrected chi connectivity index (χ0v) is 53.1. The van der Waals surface area contributed by atoms with Gasteiger partial charge in [0, 0.05) is 19.3 Å². The number of rotatable bonds is 58. The first kappa shape index (κ1) is 77.5. The van der Waals surface area contributed by atoms with E-state index in [0.717, 1.165) is 148 Å². The van der Waals surface area contributed by atoms with E-state index in [0.29, 0.717) is 12.8 Å². The van der Waals surface area contributed by atoms with Crippen LogP contribution in [0.4, 0.5) is 0 Å². The van der Waals surface area contributed by atoms with Crippen molar-refractivity contribution in [3.63, 3.8) is 0 Å². The number of esters is 3. The van der Waals surface area contributed by atoms with E-state index in [-0.39, 0.29) is 44.0 Å². The van der Waals surface area contributed by atoms with Crippen molar-refractivity contribution in [1.29, 1.82) is 0 Å². The van der Waals surface area contributed by atoms with E-state index < -0.39 is 6.10 Å². The summed E-state index contributed by atoms with van der Waals surface area (Å²) >= 11 is 0. The molecule has 0 saturated carbocycles. The first-order chi connectivity index (χ1) is 41.0. The minimum Gasteiger partial charge on any atom is -0.462 e. The van der Waals surface area contributed by atoms with Gasteiger partial charge in [-0.2, -0.15) is 0 Å². The van der Waals surface area contributed by atoms with Crippen LogP contribution < -0.4 is 0 Å². The molecular weight excluding hydrogens is 1020 g/mol. The molecule has 6 heteroatoms. The Hall–Kier alpha value is -5.49. The van der Waals surface area contributed by atoms with Crippen molar-refractivity contribution in [2.24, 2.45) is 0 Å². The summed E-state index contributed by atoms with van der Waals surface area (Å²) in [6.45, 7) is 6.21. The van der Waals surface area contributed by atoms with Crippen LogP contribution >= 0.6 is 0 Å². The Morgan fingerprint density at radius 2 is 0.458 bits per heavy atom. The van der Waals surface area contributed by atoms with Gasteiger partial charge < -0.3 is 14.2 Å². The molecule has 0 aliphatic heterocycles. The van der Waals surface area contributed by atoms with Gasteiger partial charge in [-0.05, 0) is 141 Å². The van der Waals surface area contributed by atoms with Crippen LogP contribution in [0.3, 0.4) is 0 Å². The highest BCUT2D eigenvalue weighted by molar-refractivity contribution is 5.71. The van der Waals surface area contributed by atoms with Crippen LogP contribution in [0.25, 0.3) is 0 Å². The number of carbonyl (C=O) groups excluding carboxylic acids is 3. The molecule has 0 aromatic rings. The molecule has 0 rings (SSSR count). The van der Waals surface area contributed by atoms with Crippen LogP contribution in [-0.4, -0.2) is 37.2 Å². The van der Waals surface area contributed by atoms with Crippen molar-refractivity contribution in [2.45, 2.75) is 271 Å². The summed E-state index contributed by atoms with van der Waals surface area (Å²) in [5.74, 6) is -1.04. The van der Waals surface area contributed by atoms with Gasteiger partial charge in [-0.25, -0.2) is 0 Å². The van der Waals surface area contributed by atoms with Gasteiger partial charge in [0.1, 0.15) is 13.2 Å². The number of hydrogen-bond donors (Lipinski definition) is 0. The van der Waals surface area contributed by atoms with Crippen LogP contribution in [0, 0.1) is 0 Å². The second kappa shape index (κ2) is 69.0. The zero-order chi connectivity index (χ0) is 59.9. The lowest BCUT2D eigenvalue weighted by Crippen LogP contribution is -2.30. The van der Waals surface area contributed by atoms with Gasteiger partial charge in [0.25, 0.3) is 0 Å². The third kappa shape index (κ3) is 67.2. The highest BCUT2D eigenvalue weighted by atomic mass is 16.6. The van der Waals surface area contributed by atoms with Crippen molar-refractivity contribution < 1.29 is 28.6 Å². The fraction of sp³-hybridized carbons (Fsp3) is 0.571. The van der Waals surface area contributed by atoms with Gasteiger partial charge >= 0.3 is 17.9 Å². The Kier molecular flexibility index (Phi) is 64.4. The molecule has 0 fully saturated rings. The van der Waals surface area contributed by atoms with Gasteiger partial charge in [0.15, 0.2) is 6.10 Å². The van der Waals surface area contributed by atoms with E-state index in [2.05, 4.69) is 191 Å². The molecule has 0 amide bonds. The third-order valence-corrected chi connectivity index (χ3v) is 13.4. The van der Waals surface area contributed by atoms with Crippen LogP contribution in [-0.2, 0) is 28.6 Å². The lowest BCUT2D eigenvalue weighted by molar-refractivity contribution is -0.166. The second-order valence-corrected chi connectivity index (χ2v) is 21.2. The average molecular weight is 1140 g/mol. The van der Waals surface area contributed by atoms with E-state index in [4.69, 9.17) is 14.2 Å². The maximum Gasteiger partial charge on any atom is 0.306 e. The number of hydrogen-bond acceptors (Lipinski definition) is 6. The molecule has 0 N–H and O–H groups in total. The van der Waals surface area contributed by atoms with Crippen molar-refractivity contribution in [1.82, 2.24) is 0 Å². The molecule has 0 saturated heterocycles. The van der Waals surface area contributed by atoms with Crippen LogP contribution in [0.1, 0.15) is 265 Å². The van der Waals surface area contributed by atoms with Gasteiger partial charge in [-0.15, -0.1) is 0 Å². The normalized spacial score (nSPS) is 13.3. The van der Waals surface area contributed by atoms with Crippen molar-refractivity contribution in [3.05, 3.63) is 182 Å². The van der Waals surface area contributed by atoms with Crippen molar-refractivity contribution >= 4 is 17.9 Å². The maximum atomic E-state index is 12.9. The molecule has 0 aromatic heterocycles. The summed E-state index contributed by atoms with van der Waals surface area (Å²) < 4.78 is 16.8. The Labute approximate surface area is 510 Å². The van der Waals surface area contributed by atoms with E-state index >= 15 is 0 Å². The standard InChI is InChI=1S/C77H120O6/c1-4-7-10-13-16-19-22-25-27-29-31-33-35-36-37-38-39-40-42-43-45-47-49-52-55-58-61-64-67-70-76(79)82-73-74(72-81-75(78)69-66-63-60-57-54-51-24-21-18-15-12-9-6-3)83-77(80)71-68-65-62-59-56-53-50-48-46-44-41-34-32-30-28-26-23-20-17-14-11-8-5-2/h7-12,16-21,25-28,31-34,36-37,44,46,50-51,53-54,60,63,74H,4-6,13-15,22-24,29-30,35,38-43,45,47-49,52,55-59,61-62,64-73H2,1-3H3/b10-7-,11-8-,12-9-,19-16-,20-17-,21-18-,27-25-,28-26-,33-31-,34-32-,37-36-,46-44-,53-50-,54-51-,63-60-. The molecule has 1 unspecified atom stereocenters. The number of carbonyl (C=O) groups is 3. The Morgan fingerprint density at radius 1 is 0.241 bits per heavy atom. The molecule has 0 spiro atoms. The second-order valence-electron chi connectivity index (χ2n) is 21.2. The van der Waals surface area contributed by atoms with Crippen LogP contribution in [0.15, 0.2) is 182 Å². The van der Waals surface area contributed by atoms with E-state index in [1.807, 2.05) is 12.2 Å². The number of ether oxygens (including phenoxy) is 3. The van der Waals surface area contributed by atoms with Crippen molar-refractivity contribution in [2.75, 3.05) is 13.2 Å². The molecule has 0 aliphatic rings. The summed E-state index contributed by atoms with van der Waals surface area (Å²) in [5, 5.41) is 0. The van der Waals surface area contributed by atoms with Crippen LogP contribution in [0.2, 0.25) is 0 Å². The lowest BCUT2D eigenvalue weighted by Gasteiger charge is -2.18. The molecule has 6 nitrogen and oxygen atoms in total. The van der Waals surface area contributed by atoms with Crippen molar-refractivity contribution in [3.8, 4) is 0 Å². The predicted octanol–water partition coefficient (Wildman–Crippen LogP) is 23.2. The Morgan fingerprint density at radius 3 is 0.747 bits per heavy atom. The minimum atomic E-state index is -0.832. The predicted molar refractivity (Wildman–Crippen MR) is 361 cm³/mol. The largest absolute Gasteiger partial charge is 0.462 e. The summed E-state index contributed by atoms with van der Waals surface area (Å²) in [6, 6.07) is 0. The topological polar surface area (TPSA) is 78.9 Å².